The number of nitrogens with two attached hydrogens (primary N) is 2. The van der Waals surface area contributed by atoms with Crippen molar-refractivity contribution in [3.63, 3.8) is 0 Å². The monoisotopic (exact) mass is 244 g/mol. The zero-order valence-electron chi connectivity index (χ0n) is 9.73. The summed E-state index contributed by atoms with van der Waals surface area (Å²) in [6.07, 6.45) is 0. The van der Waals surface area contributed by atoms with Crippen molar-refractivity contribution >= 4 is 11.8 Å². The Balaban J connectivity index is 2.61. The van der Waals surface area contributed by atoms with Gasteiger partial charge in [-0.05, 0) is 12.5 Å². The molecule has 1 aromatic carbocycles. The number of H-pyrrole nitrogens is 1. The number of carbonyl (C=O) groups excluding carboxylic acids is 2. The highest BCUT2D eigenvalue weighted by Gasteiger charge is 2.20. The highest BCUT2D eigenvalue weighted by atomic mass is 16.2. The minimum Gasteiger partial charge on any atom is -0.364 e. The lowest BCUT2D eigenvalue weighted by atomic mass is 10.1. The van der Waals surface area contributed by atoms with Gasteiger partial charge in [0.05, 0.1) is 0 Å². The van der Waals surface area contributed by atoms with Gasteiger partial charge < -0.3 is 16.5 Å². The first kappa shape index (κ1) is 11.8. The Kier molecular flexibility index (Phi) is 2.85. The first-order valence-corrected chi connectivity index (χ1v) is 5.26. The van der Waals surface area contributed by atoms with Crippen molar-refractivity contribution in [3.05, 3.63) is 41.2 Å². The first-order valence-electron chi connectivity index (χ1n) is 5.26. The van der Waals surface area contributed by atoms with Crippen LogP contribution in [0.4, 0.5) is 0 Å². The van der Waals surface area contributed by atoms with Gasteiger partial charge in [0.1, 0.15) is 11.5 Å². The molecule has 2 amide bonds. The third-order valence-corrected chi connectivity index (χ3v) is 2.58. The molecule has 0 radical (unpaired) electrons. The Hall–Kier alpha value is -2.63. The molecule has 0 atom stereocenters. The highest BCUT2D eigenvalue weighted by Crippen LogP contribution is 2.21. The number of hydrogen-bond donors (Lipinski definition) is 3. The zero-order valence-corrected chi connectivity index (χ0v) is 9.73. The highest BCUT2D eigenvalue weighted by molar-refractivity contribution is 6.04. The maximum absolute atomic E-state index is 11.2. The van der Waals surface area contributed by atoms with Crippen LogP contribution in [0, 0.1) is 6.92 Å². The summed E-state index contributed by atoms with van der Waals surface area (Å²) in [5, 5.41) is 0. The number of aryl methyl sites for hydroxylation is 1. The topological polar surface area (TPSA) is 115 Å². The van der Waals surface area contributed by atoms with Crippen LogP contribution in [-0.4, -0.2) is 21.8 Å². The van der Waals surface area contributed by atoms with Gasteiger partial charge in [-0.2, -0.15) is 0 Å². The predicted molar refractivity (Wildman–Crippen MR) is 65.8 cm³/mol. The lowest BCUT2D eigenvalue weighted by Crippen LogP contribution is -2.20. The number of primary amides is 2. The lowest BCUT2D eigenvalue weighted by Gasteiger charge is -2.00. The number of rotatable bonds is 3. The van der Waals surface area contributed by atoms with E-state index in [1.54, 1.807) is 0 Å². The van der Waals surface area contributed by atoms with E-state index in [4.69, 9.17) is 11.5 Å². The number of amides is 2. The van der Waals surface area contributed by atoms with Gasteiger partial charge in [-0.25, -0.2) is 4.98 Å². The van der Waals surface area contributed by atoms with E-state index in [9.17, 15) is 9.59 Å². The second-order valence-electron chi connectivity index (χ2n) is 3.85. The molecule has 6 heteroatoms. The third-order valence-electron chi connectivity index (χ3n) is 2.58. The number of imidazole rings is 1. The molecule has 0 bridgehead atoms. The molecule has 0 fully saturated rings. The van der Waals surface area contributed by atoms with Gasteiger partial charge in [-0.3, -0.25) is 9.59 Å². The van der Waals surface area contributed by atoms with Crippen molar-refractivity contribution in [2.45, 2.75) is 6.92 Å². The molecule has 1 heterocycles. The van der Waals surface area contributed by atoms with Crippen molar-refractivity contribution in [2.75, 3.05) is 0 Å². The quantitative estimate of drug-likeness (QED) is 0.733. The van der Waals surface area contributed by atoms with Crippen molar-refractivity contribution in [3.8, 4) is 11.4 Å². The Morgan fingerprint density at radius 3 is 2.33 bits per heavy atom. The van der Waals surface area contributed by atoms with Crippen molar-refractivity contribution in [2.24, 2.45) is 11.5 Å². The number of carbonyl (C=O) groups is 2. The van der Waals surface area contributed by atoms with E-state index in [0.29, 0.717) is 5.82 Å². The van der Waals surface area contributed by atoms with E-state index in [1.165, 1.54) is 0 Å². The number of aromatic nitrogens is 2. The minimum atomic E-state index is -0.792. The van der Waals surface area contributed by atoms with Crippen LogP contribution in [-0.2, 0) is 0 Å². The van der Waals surface area contributed by atoms with Crippen LogP contribution >= 0.6 is 0 Å². The van der Waals surface area contributed by atoms with E-state index < -0.39 is 11.8 Å². The predicted octanol–water partition coefficient (Wildman–Crippen LogP) is 0.583. The Morgan fingerprint density at radius 2 is 1.83 bits per heavy atom. The number of nitrogens with one attached hydrogen (secondary N) is 1. The molecule has 0 aliphatic carbocycles. The summed E-state index contributed by atoms with van der Waals surface area (Å²) in [4.78, 5) is 29.2. The molecule has 5 N–H and O–H groups in total. The van der Waals surface area contributed by atoms with Crippen LogP contribution in [0.25, 0.3) is 11.4 Å². The average Bonchev–Trinajstić information content (AvgIpc) is 2.74. The van der Waals surface area contributed by atoms with Crippen molar-refractivity contribution < 1.29 is 9.59 Å². The molecule has 2 rings (SSSR count). The summed E-state index contributed by atoms with van der Waals surface area (Å²) in [6.45, 7) is 1.89. The van der Waals surface area contributed by atoms with Crippen LogP contribution in [0.5, 0.6) is 0 Å². The van der Waals surface area contributed by atoms with Crippen LogP contribution < -0.4 is 11.5 Å². The standard InChI is InChI=1S/C12H12N4O2/c1-6-4-2-3-5-7(6)12-15-8(10(13)17)9(16-12)11(14)18/h2-5H,1H3,(H2,13,17)(H2,14,18)(H,15,16). The molecule has 0 spiro atoms. The van der Waals surface area contributed by atoms with Gasteiger partial charge >= 0.3 is 0 Å². The molecule has 0 saturated heterocycles. The van der Waals surface area contributed by atoms with Crippen LogP contribution in [0.2, 0.25) is 0 Å². The SMILES string of the molecule is Cc1ccccc1-c1nc(C(N)=O)c(C(N)=O)[nH]1. The second-order valence-corrected chi connectivity index (χ2v) is 3.85. The van der Waals surface area contributed by atoms with Gasteiger partial charge in [0, 0.05) is 5.56 Å². The molecular formula is C12H12N4O2. The second kappa shape index (κ2) is 4.33. The van der Waals surface area contributed by atoms with E-state index in [2.05, 4.69) is 9.97 Å². The summed E-state index contributed by atoms with van der Waals surface area (Å²) >= 11 is 0. The Bertz CT molecular complexity index is 599. The Morgan fingerprint density at radius 1 is 1.17 bits per heavy atom. The number of hydrogen-bond acceptors (Lipinski definition) is 3. The molecule has 18 heavy (non-hydrogen) atoms. The number of nitrogens with zero attached hydrogens (tertiary/aromatic N) is 1. The van der Waals surface area contributed by atoms with Crippen LogP contribution in [0.3, 0.4) is 0 Å². The summed E-state index contributed by atoms with van der Waals surface area (Å²) in [5.41, 5.74) is 11.9. The zero-order chi connectivity index (χ0) is 13.3. The number of aromatic amines is 1. The van der Waals surface area contributed by atoms with Gasteiger partial charge in [0.2, 0.25) is 0 Å². The van der Waals surface area contributed by atoms with E-state index in [-0.39, 0.29) is 11.4 Å². The smallest absolute Gasteiger partial charge is 0.269 e. The van der Waals surface area contributed by atoms with Gasteiger partial charge in [-0.1, -0.05) is 24.3 Å². The molecule has 92 valence electrons. The third kappa shape index (κ3) is 1.95. The molecule has 0 aliphatic rings. The molecule has 0 unspecified atom stereocenters. The molecule has 1 aromatic heterocycles. The normalized spacial score (nSPS) is 10.3. The first-order chi connectivity index (χ1) is 8.50. The van der Waals surface area contributed by atoms with Crippen molar-refractivity contribution in [1.29, 1.82) is 0 Å². The number of benzene rings is 1. The van der Waals surface area contributed by atoms with Crippen LogP contribution in [0.15, 0.2) is 24.3 Å². The average molecular weight is 244 g/mol. The van der Waals surface area contributed by atoms with Gasteiger partial charge in [-0.15, -0.1) is 0 Å². The maximum atomic E-state index is 11.2. The van der Waals surface area contributed by atoms with Gasteiger partial charge in [0.25, 0.3) is 11.8 Å². The molecular weight excluding hydrogens is 232 g/mol. The van der Waals surface area contributed by atoms with Gasteiger partial charge in [0.15, 0.2) is 5.69 Å². The fourth-order valence-corrected chi connectivity index (χ4v) is 1.70. The summed E-state index contributed by atoms with van der Waals surface area (Å²) < 4.78 is 0. The summed E-state index contributed by atoms with van der Waals surface area (Å²) in [5.74, 6) is -1.16. The molecule has 2 aromatic rings. The maximum Gasteiger partial charge on any atom is 0.269 e. The lowest BCUT2D eigenvalue weighted by molar-refractivity contribution is 0.0962. The minimum absolute atomic E-state index is 0.0687. The fourth-order valence-electron chi connectivity index (χ4n) is 1.70. The fraction of sp³-hybridized carbons (Fsp3) is 0.0833. The summed E-state index contributed by atoms with van der Waals surface area (Å²) in [7, 11) is 0. The van der Waals surface area contributed by atoms with E-state index >= 15 is 0 Å². The van der Waals surface area contributed by atoms with E-state index in [1.807, 2.05) is 31.2 Å². The largest absolute Gasteiger partial charge is 0.364 e. The van der Waals surface area contributed by atoms with Crippen LogP contribution in [0.1, 0.15) is 26.5 Å². The molecule has 0 saturated carbocycles. The van der Waals surface area contributed by atoms with Crippen molar-refractivity contribution in [1.82, 2.24) is 9.97 Å². The van der Waals surface area contributed by atoms with E-state index in [0.717, 1.165) is 11.1 Å². The summed E-state index contributed by atoms with van der Waals surface area (Å²) in [6, 6.07) is 7.43. The molecule has 6 nitrogen and oxygen atoms in total. The Labute approximate surface area is 103 Å². The molecule has 0 aliphatic heterocycles.